The van der Waals surface area contributed by atoms with Crippen LogP contribution in [0.1, 0.15) is 112 Å². The quantitative estimate of drug-likeness (QED) is 0.264. The van der Waals surface area contributed by atoms with Gasteiger partial charge in [0, 0.05) is 18.4 Å². The lowest BCUT2D eigenvalue weighted by Gasteiger charge is -2.60. The summed E-state index contributed by atoms with van der Waals surface area (Å²) in [6.45, 7) is 17.9. The molecular weight excluding hydrogens is 508 g/mol. The maximum absolute atomic E-state index is 6.94. The molecule has 1 heterocycles. The fourth-order valence-corrected chi connectivity index (χ4v) is 10.0. The van der Waals surface area contributed by atoms with Crippen molar-refractivity contribution in [3.63, 3.8) is 0 Å². The summed E-state index contributed by atoms with van der Waals surface area (Å²) >= 11 is 0. The van der Waals surface area contributed by atoms with Gasteiger partial charge in [-0.25, -0.2) is 0 Å². The molecule has 0 aromatic heterocycles. The molecule has 2 fully saturated rings. The second-order valence-electron chi connectivity index (χ2n) is 15.5. The SMILES string of the molecule is COc1ccc(CO[C@H]2CC[C@]3(C)C4=C(CC[C@H]3C2(C)C)[C@@H]2OC(OC)[C@H]([C@H](C)CCCC(C)C)[C@@]2(C)CC4)cc1. The highest BCUT2D eigenvalue weighted by molar-refractivity contribution is 5.36. The van der Waals surface area contributed by atoms with Gasteiger partial charge in [-0.3, -0.25) is 0 Å². The number of hydrogen-bond donors (Lipinski definition) is 0. The Hall–Kier alpha value is -1.36. The number of benzene rings is 1. The first kappa shape index (κ1) is 31.1. The van der Waals surface area contributed by atoms with Crippen LogP contribution in [0.25, 0.3) is 0 Å². The zero-order chi connectivity index (χ0) is 29.6. The zero-order valence-corrected chi connectivity index (χ0v) is 27.6. The van der Waals surface area contributed by atoms with Crippen LogP contribution in [-0.2, 0) is 20.8 Å². The van der Waals surface area contributed by atoms with Crippen LogP contribution in [0.5, 0.6) is 5.75 Å². The molecule has 5 rings (SSSR count). The van der Waals surface area contributed by atoms with Gasteiger partial charge in [0.15, 0.2) is 6.29 Å². The molecule has 41 heavy (non-hydrogen) atoms. The molecule has 4 heteroatoms. The van der Waals surface area contributed by atoms with E-state index in [4.69, 9.17) is 18.9 Å². The summed E-state index contributed by atoms with van der Waals surface area (Å²) in [6, 6.07) is 8.32. The lowest BCUT2D eigenvalue weighted by Crippen LogP contribution is -2.55. The Labute approximate surface area is 250 Å². The maximum Gasteiger partial charge on any atom is 0.161 e. The number of fused-ring (bicyclic) bond motifs is 4. The van der Waals surface area contributed by atoms with E-state index in [1.165, 1.54) is 50.5 Å². The second kappa shape index (κ2) is 12.0. The Balaban J connectivity index is 1.33. The molecule has 0 amide bonds. The van der Waals surface area contributed by atoms with Crippen molar-refractivity contribution >= 4 is 0 Å². The van der Waals surface area contributed by atoms with Crippen molar-refractivity contribution in [3.05, 3.63) is 41.0 Å². The Morgan fingerprint density at radius 1 is 0.927 bits per heavy atom. The van der Waals surface area contributed by atoms with Crippen molar-refractivity contribution in [3.8, 4) is 5.75 Å². The van der Waals surface area contributed by atoms with Gasteiger partial charge >= 0.3 is 0 Å². The van der Waals surface area contributed by atoms with Crippen LogP contribution in [0.15, 0.2) is 35.4 Å². The van der Waals surface area contributed by atoms with Crippen LogP contribution < -0.4 is 4.74 Å². The molecular formula is C37H58O4. The van der Waals surface area contributed by atoms with Gasteiger partial charge in [-0.2, -0.15) is 0 Å². The van der Waals surface area contributed by atoms with Crippen LogP contribution in [0.3, 0.4) is 0 Å². The second-order valence-corrected chi connectivity index (χ2v) is 15.5. The van der Waals surface area contributed by atoms with E-state index in [0.717, 1.165) is 24.5 Å². The third-order valence-electron chi connectivity index (χ3n) is 12.3. The summed E-state index contributed by atoms with van der Waals surface area (Å²) in [5.74, 6) is 3.36. The van der Waals surface area contributed by atoms with Crippen molar-refractivity contribution in [1.29, 1.82) is 0 Å². The van der Waals surface area contributed by atoms with Gasteiger partial charge in [-0.15, -0.1) is 0 Å². The summed E-state index contributed by atoms with van der Waals surface area (Å²) in [5, 5.41) is 0. The zero-order valence-electron chi connectivity index (χ0n) is 27.6. The number of rotatable bonds is 10. The highest BCUT2D eigenvalue weighted by Gasteiger charge is 2.62. The monoisotopic (exact) mass is 566 g/mol. The standard InChI is InChI=1S/C37H58O4/c1-24(2)11-10-12-25(3)32-34(39-9)41-33-28-17-18-30-35(4,5)31(40-23-26-13-15-27(38-8)16-14-26)20-22-36(30,6)29(28)19-21-37(32,33)7/h13-16,24-25,30-34H,10-12,17-23H2,1-9H3/t25-,30+,31+,32+,33+,34?,36-,37-/m1/s1. The molecule has 1 saturated heterocycles. The van der Waals surface area contributed by atoms with E-state index in [0.29, 0.717) is 24.4 Å². The molecule has 4 nitrogen and oxygen atoms in total. The molecule has 4 aliphatic rings. The largest absolute Gasteiger partial charge is 0.497 e. The highest BCUT2D eigenvalue weighted by Crippen LogP contribution is 2.66. The average molecular weight is 567 g/mol. The third-order valence-corrected chi connectivity index (χ3v) is 12.3. The summed E-state index contributed by atoms with van der Waals surface area (Å²) in [5.41, 5.74) is 5.11. The first-order valence-corrected chi connectivity index (χ1v) is 16.6. The molecule has 1 aromatic carbocycles. The lowest BCUT2D eigenvalue weighted by molar-refractivity contribution is -0.139. The molecule has 8 atom stereocenters. The van der Waals surface area contributed by atoms with E-state index in [9.17, 15) is 0 Å². The fraction of sp³-hybridized carbons (Fsp3) is 0.784. The molecule has 0 radical (unpaired) electrons. The molecule has 1 saturated carbocycles. The van der Waals surface area contributed by atoms with E-state index in [1.54, 1.807) is 18.3 Å². The number of hydrogen-bond acceptors (Lipinski definition) is 4. The van der Waals surface area contributed by atoms with E-state index < -0.39 is 0 Å². The summed E-state index contributed by atoms with van der Waals surface area (Å²) < 4.78 is 25.1. The number of allylic oxidation sites excluding steroid dienone is 1. The molecule has 0 spiro atoms. The van der Waals surface area contributed by atoms with E-state index in [2.05, 4.69) is 60.6 Å². The molecule has 1 aromatic rings. The first-order chi connectivity index (χ1) is 19.5. The third kappa shape index (κ3) is 5.55. The van der Waals surface area contributed by atoms with Gasteiger partial charge in [-0.1, -0.05) is 85.4 Å². The molecule has 230 valence electrons. The molecule has 0 bridgehead atoms. The van der Waals surface area contributed by atoms with Crippen molar-refractivity contribution in [2.45, 2.75) is 131 Å². The number of methoxy groups -OCH3 is 2. The van der Waals surface area contributed by atoms with Gasteiger partial charge in [0.1, 0.15) is 5.75 Å². The minimum Gasteiger partial charge on any atom is -0.497 e. The fourth-order valence-electron chi connectivity index (χ4n) is 10.0. The van der Waals surface area contributed by atoms with Gasteiger partial charge in [0.2, 0.25) is 0 Å². The summed E-state index contributed by atoms with van der Waals surface area (Å²) in [4.78, 5) is 0. The maximum atomic E-state index is 6.94. The van der Waals surface area contributed by atoms with Crippen LogP contribution in [0, 0.1) is 39.9 Å². The van der Waals surface area contributed by atoms with Gasteiger partial charge in [0.05, 0.1) is 25.9 Å². The minimum absolute atomic E-state index is 0.0880. The van der Waals surface area contributed by atoms with E-state index in [-0.39, 0.29) is 34.7 Å². The van der Waals surface area contributed by atoms with Gasteiger partial charge in [-0.05, 0) is 90.4 Å². The van der Waals surface area contributed by atoms with E-state index in [1.807, 2.05) is 19.2 Å². The predicted molar refractivity (Wildman–Crippen MR) is 167 cm³/mol. The van der Waals surface area contributed by atoms with Gasteiger partial charge < -0.3 is 18.9 Å². The van der Waals surface area contributed by atoms with Crippen molar-refractivity contribution in [1.82, 2.24) is 0 Å². The molecule has 0 N–H and O–H groups in total. The molecule has 1 unspecified atom stereocenters. The molecule has 1 aliphatic heterocycles. The first-order valence-electron chi connectivity index (χ1n) is 16.6. The summed E-state index contributed by atoms with van der Waals surface area (Å²) in [6.07, 6.45) is 11.4. The Bertz CT molecular complexity index is 1070. The summed E-state index contributed by atoms with van der Waals surface area (Å²) in [7, 11) is 3.58. The van der Waals surface area contributed by atoms with Crippen LogP contribution in [-0.4, -0.2) is 32.7 Å². The Morgan fingerprint density at radius 2 is 1.66 bits per heavy atom. The normalized spacial score (nSPS) is 37.0. The van der Waals surface area contributed by atoms with Crippen LogP contribution >= 0.6 is 0 Å². The van der Waals surface area contributed by atoms with Crippen molar-refractivity contribution < 1.29 is 18.9 Å². The smallest absolute Gasteiger partial charge is 0.161 e. The Kier molecular flexibility index (Phi) is 9.07. The van der Waals surface area contributed by atoms with E-state index >= 15 is 0 Å². The predicted octanol–water partition coefficient (Wildman–Crippen LogP) is 9.36. The van der Waals surface area contributed by atoms with Crippen LogP contribution in [0.4, 0.5) is 0 Å². The molecule has 3 aliphatic carbocycles. The Morgan fingerprint density at radius 3 is 2.32 bits per heavy atom. The topological polar surface area (TPSA) is 36.9 Å². The van der Waals surface area contributed by atoms with Gasteiger partial charge in [0.25, 0.3) is 0 Å². The lowest BCUT2D eigenvalue weighted by atomic mass is 9.46. The minimum atomic E-state index is -0.0880. The number of ether oxygens (including phenoxy) is 4. The average Bonchev–Trinajstić information content (AvgIpc) is 3.25. The van der Waals surface area contributed by atoms with Crippen molar-refractivity contribution in [2.75, 3.05) is 14.2 Å². The highest BCUT2D eigenvalue weighted by atomic mass is 16.7. The van der Waals surface area contributed by atoms with Crippen LogP contribution in [0.2, 0.25) is 0 Å². The van der Waals surface area contributed by atoms with Crippen molar-refractivity contribution in [2.24, 2.45) is 39.9 Å².